The summed E-state index contributed by atoms with van der Waals surface area (Å²) in [6.45, 7) is 5.03. The Bertz CT molecular complexity index is 548. The molecule has 0 aliphatic carbocycles. The first-order valence-corrected chi connectivity index (χ1v) is 6.86. The molecule has 122 valence electrons. The van der Waals surface area contributed by atoms with E-state index in [4.69, 9.17) is 9.84 Å². The molecule has 0 saturated carbocycles. The van der Waals surface area contributed by atoms with E-state index in [0.717, 1.165) is 12.1 Å². The first-order valence-electron chi connectivity index (χ1n) is 6.86. The number of carbonyl (C=O) groups excluding carboxylic acids is 1. The van der Waals surface area contributed by atoms with Gasteiger partial charge in [-0.3, -0.25) is 9.59 Å². The summed E-state index contributed by atoms with van der Waals surface area (Å²) in [5, 5.41) is 8.71. The Balaban J connectivity index is 2.75. The minimum absolute atomic E-state index is 0.0293. The number of ether oxygens (including phenoxy) is 1. The molecule has 1 aromatic carbocycles. The number of amides is 1. The summed E-state index contributed by atoms with van der Waals surface area (Å²) in [5.41, 5.74) is 0. The minimum Gasteiger partial charge on any atom is -0.481 e. The highest BCUT2D eigenvalue weighted by molar-refractivity contribution is 5.81. The number of hydrogen-bond donors (Lipinski definition) is 1. The molecule has 1 aromatic rings. The molecule has 1 rings (SSSR count). The van der Waals surface area contributed by atoms with E-state index in [1.807, 2.05) is 0 Å². The molecule has 0 aliphatic rings. The molecule has 0 fully saturated rings. The second kappa shape index (κ2) is 7.72. The highest BCUT2D eigenvalue weighted by Gasteiger charge is 2.25. The molecule has 0 spiro atoms. The Labute approximate surface area is 127 Å². The number of rotatable bonds is 7. The summed E-state index contributed by atoms with van der Waals surface area (Å²) in [6.07, 6.45) is -1.12. The molecule has 1 amide bonds. The van der Waals surface area contributed by atoms with Crippen LogP contribution >= 0.6 is 0 Å². The van der Waals surface area contributed by atoms with Crippen molar-refractivity contribution < 1.29 is 28.2 Å². The summed E-state index contributed by atoms with van der Waals surface area (Å²) >= 11 is 0. The first-order chi connectivity index (χ1) is 10.2. The maximum Gasteiger partial charge on any atom is 0.305 e. The van der Waals surface area contributed by atoms with Gasteiger partial charge in [0.05, 0.1) is 6.42 Å². The maximum atomic E-state index is 13.1. The van der Waals surface area contributed by atoms with Crippen LogP contribution in [-0.2, 0) is 9.59 Å². The van der Waals surface area contributed by atoms with Crippen molar-refractivity contribution in [1.29, 1.82) is 0 Å². The van der Waals surface area contributed by atoms with Crippen LogP contribution in [0.4, 0.5) is 8.78 Å². The molecule has 5 nitrogen and oxygen atoms in total. The Morgan fingerprint density at radius 1 is 1.23 bits per heavy atom. The number of halogens is 2. The molecule has 1 unspecified atom stereocenters. The molecule has 1 N–H and O–H groups in total. The van der Waals surface area contributed by atoms with Crippen molar-refractivity contribution in [2.45, 2.75) is 39.3 Å². The number of carboxylic acids is 1. The average Bonchev–Trinajstić information content (AvgIpc) is 2.42. The van der Waals surface area contributed by atoms with E-state index in [2.05, 4.69) is 0 Å². The molecule has 0 aliphatic heterocycles. The van der Waals surface area contributed by atoms with Gasteiger partial charge in [-0.2, -0.15) is 0 Å². The normalized spacial score (nSPS) is 12.1. The van der Waals surface area contributed by atoms with E-state index in [1.165, 1.54) is 17.9 Å². The monoisotopic (exact) mass is 315 g/mol. The molecule has 0 saturated heterocycles. The van der Waals surface area contributed by atoms with E-state index in [-0.39, 0.29) is 24.8 Å². The van der Waals surface area contributed by atoms with E-state index in [0.29, 0.717) is 0 Å². The SMILES string of the molecule is CC(Oc1ccc(F)c(F)c1)C(=O)N(CCC(=O)O)C(C)C. The molecule has 1 atom stereocenters. The number of nitrogens with zero attached hydrogens (tertiary/aromatic N) is 1. The number of benzene rings is 1. The zero-order valence-electron chi connectivity index (χ0n) is 12.7. The quantitative estimate of drug-likeness (QED) is 0.839. The summed E-state index contributed by atoms with van der Waals surface area (Å²) in [4.78, 5) is 24.3. The Morgan fingerprint density at radius 2 is 1.86 bits per heavy atom. The minimum atomic E-state index is -1.07. The van der Waals surface area contributed by atoms with Crippen molar-refractivity contribution in [3.8, 4) is 5.75 Å². The Hall–Kier alpha value is -2.18. The third-order valence-electron chi connectivity index (χ3n) is 3.02. The lowest BCUT2D eigenvalue weighted by Crippen LogP contribution is -2.45. The smallest absolute Gasteiger partial charge is 0.305 e. The van der Waals surface area contributed by atoms with Crippen molar-refractivity contribution in [3.63, 3.8) is 0 Å². The van der Waals surface area contributed by atoms with Crippen LogP contribution in [-0.4, -0.2) is 40.6 Å². The predicted octanol–water partition coefficient (Wildman–Crippen LogP) is 2.44. The van der Waals surface area contributed by atoms with Crippen molar-refractivity contribution in [1.82, 2.24) is 4.90 Å². The van der Waals surface area contributed by atoms with Gasteiger partial charge in [-0.25, -0.2) is 8.78 Å². The predicted molar refractivity (Wildman–Crippen MR) is 75.5 cm³/mol. The van der Waals surface area contributed by atoms with Gasteiger partial charge in [0.25, 0.3) is 5.91 Å². The van der Waals surface area contributed by atoms with Crippen molar-refractivity contribution in [3.05, 3.63) is 29.8 Å². The first kappa shape index (κ1) is 17.9. The van der Waals surface area contributed by atoms with Crippen LogP contribution in [0.3, 0.4) is 0 Å². The summed E-state index contributed by atoms with van der Waals surface area (Å²) < 4.78 is 31.3. The molecule has 0 radical (unpaired) electrons. The summed E-state index contributed by atoms with van der Waals surface area (Å²) in [5.74, 6) is -3.46. The zero-order chi connectivity index (χ0) is 16.9. The molecular weight excluding hydrogens is 296 g/mol. The van der Waals surface area contributed by atoms with Gasteiger partial charge in [-0.15, -0.1) is 0 Å². The largest absolute Gasteiger partial charge is 0.481 e. The molecular formula is C15H19F2NO4. The summed E-state index contributed by atoms with van der Waals surface area (Å²) in [6, 6.07) is 2.78. The van der Waals surface area contributed by atoms with Crippen LogP contribution in [0.1, 0.15) is 27.2 Å². The fourth-order valence-corrected chi connectivity index (χ4v) is 1.88. The number of carboxylic acid groups (broad SMARTS) is 1. The fourth-order valence-electron chi connectivity index (χ4n) is 1.88. The van der Waals surface area contributed by atoms with Gasteiger partial charge in [0.15, 0.2) is 17.7 Å². The maximum absolute atomic E-state index is 13.1. The summed E-state index contributed by atoms with van der Waals surface area (Å²) in [7, 11) is 0. The number of hydrogen-bond acceptors (Lipinski definition) is 3. The van der Waals surface area contributed by atoms with Crippen LogP contribution in [0, 0.1) is 11.6 Å². The molecule has 0 bridgehead atoms. The van der Waals surface area contributed by atoms with Gasteiger partial charge in [0.1, 0.15) is 5.75 Å². The lowest BCUT2D eigenvalue weighted by molar-refractivity contribution is -0.142. The van der Waals surface area contributed by atoms with Gasteiger partial charge < -0.3 is 14.7 Å². The van der Waals surface area contributed by atoms with Crippen molar-refractivity contribution in [2.75, 3.05) is 6.54 Å². The van der Waals surface area contributed by atoms with Gasteiger partial charge in [-0.1, -0.05) is 0 Å². The highest BCUT2D eigenvalue weighted by atomic mass is 19.2. The lowest BCUT2D eigenvalue weighted by Gasteiger charge is -2.29. The number of aliphatic carboxylic acids is 1. The van der Waals surface area contributed by atoms with Crippen LogP contribution < -0.4 is 4.74 Å². The van der Waals surface area contributed by atoms with E-state index in [1.54, 1.807) is 13.8 Å². The van der Waals surface area contributed by atoms with Crippen LogP contribution in [0.15, 0.2) is 18.2 Å². The molecule has 0 aromatic heterocycles. The zero-order valence-corrected chi connectivity index (χ0v) is 12.7. The average molecular weight is 315 g/mol. The topological polar surface area (TPSA) is 66.8 Å². The molecule has 0 heterocycles. The third-order valence-corrected chi connectivity index (χ3v) is 3.02. The van der Waals surface area contributed by atoms with Gasteiger partial charge in [0, 0.05) is 18.7 Å². The second-order valence-corrected chi connectivity index (χ2v) is 5.11. The van der Waals surface area contributed by atoms with Gasteiger partial charge in [0.2, 0.25) is 0 Å². The standard InChI is InChI=1S/C15H19F2NO4/c1-9(2)18(7-6-14(19)20)15(21)10(3)22-11-4-5-12(16)13(17)8-11/h4-5,8-10H,6-7H2,1-3H3,(H,19,20). The van der Waals surface area contributed by atoms with Gasteiger partial charge in [-0.05, 0) is 32.9 Å². The van der Waals surface area contributed by atoms with E-state index in [9.17, 15) is 18.4 Å². The van der Waals surface area contributed by atoms with E-state index < -0.39 is 29.6 Å². The second-order valence-electron chi connectivity index (χ2n) is 5.11. The van der Waals surface area contributed by atoms with Gasteiger partial charge >= 0.3 is 5.97 Å². The third kappa shape index (κ3) is 4.98. The molecule has 22 heavy (non-hydrogen) atoms. The lowest BCUT2D eigenvalue weighted by atomic mass is 10.2. The van der Waals surface area contributed by atoms with Crippen molar-refractivity contribution >= 4 is 11.9 Å². The van der Waals surface area contributed by atoms with E-state index >= 15 is 0 Å². The van der Waals surface area contributed by atoms with Crippen LogP contribution in [0.25, 0.3) is 0 Å². The van der Waals surface area contributed by atoms with Crippen LogP contribution in [0.5, 0.6) is 5.75 Å². The molecule has 7 heteroatoms. The highest BCUT2D eigenvalue weighted by Crippen LogP contribution is 2.18. The Morgan fingerprint density at radius 3 is 2.36 bits per heavy atom. The Kier molecular flexibility index (Phi) is 6.27. The van der Waals surface area contributed by atoms with Crippen LogP contribution in [0.2, 0.25) is 0 Å². The fraction of sp³-hybridized carbons (Fsp3) is 0.467. The van der Waals surface area contributed by atoms with Crippen molar-refractivity contribution in [2.24, 2.45) is 0 Å². The number of carbonyl (C=O) groups is 2.